The van der Waals surface area contributed by atoms with Gasteiger partial charge in [-0.05, 0) is 55.9 Å². The molecule has 1 N–H and O–H groups in total. The SMILES string of the molecule is Cc1cnc(NC[C@@H]2C(C)CCCN2C(=O)c2nc(C)sc2-c2ccc(F)cc2)nc1.[HH]. The van der Waals surface area contributed by atoms with Gasteiger partial charge in [-0.25, -0.2) is 19.3 Å². The van der Waals surface area contributed by atoms with Gasteiger partial charge in [-0.2, -0.15) is 0 Å². The highest BCUT2D eigenvalue weighted by Gasteiger charge is 2.34. The van der Waals surface area contributed by atoms with Gasteiger partial charge in [0.25, 0.3) is 5.91 Å². The molecule has 8 heteroatoms. The Bertz CT molecular complexity index is 1060. The van der Waals surface area contributed by atoms with Crippen molar-refractivity contribution in [1.29, 1.82) is 0 Å². The minimum atomic E-state index is -0.299. The highest BCUT2D eigenvalue weighted by molar-refractivity contribution is 7.15. The number of aryl methyl sites for hydroxylation is 2. The molecule has 6 nitrogen and oxygen atoms in total. The Kier molecular flexibility index (Phi) is 6.27. The zero-order valence-electron chi connectivity index (χ0n) is 17.9. The summed E-state index contributed by atoms with van der Waals surface area (Å²) in [5.41, 5.74) is 2.25. The van der Waals surface area contributed by atoms with Crippen LogP contribution in [0.15, 0.2) is 36.7 Å². The summed E-state index contributed by atoms with van der Waals surface area (Å²) in [4.78, 5) is 29.5. The smallest absolute Gasteiger partial charge is 0.274 e. The van der Waals surface area contributed by atoms with E-state index in [-0.39, 0.29) is 19.2 Å². The number of amides is 1. The molecule has 164 valence electrons. The summed E-state index contributed by atoms with van der Waals surface area (Å²) in [7, 11) is 0. The number of benzene rings is 1. The van der Waals surface area contributed by atoms with E-state index in [1.54, 1.807) is 24.5 Å². The van der Waals surface area contributed by atoms with Crippen molar-refractivity contribution in [3.05, 3.63) is 58.7 Å². The maximum atomic E-state index is 13.6. The number of carbonyl (C=O) groups excluding carboxylic acids is 1. The third kappa shape index (κ3) is 4.74. The van der Waals surface area contributed by atoms with Crippen LogP contribution in [0.25, 0.3) is 10.4 Å². The van der Waals surface area contributed by atoms with Crippen molar-refractivity contribution in [2.24, 2.45) is 5.92 Å². The first-order chi connectivity index (χ1) is 14.9. The van der Waals surface area contributed by atoms with E-state index in [0.717, 1.165) is 33.9 Å². The molecular weight excluding hydrogens is 413 g/mol. The lowest BCUT2D eigenvalue weighted by molar-refractivity contribution is 0.0535. The van der Waals surface area contributed by atoms with Gasteiger partial charge in [0.15, 0.2) is 0 Å². The number of aromatic nitrogens is 3. The largest absolute Gasteiger partial charge is 0.352 e. The number of rotatable bonds is 5. The molecule has 1 unspecified atom stereocenters. The summed E-state index contributed by atoms with van der Waals surface area (Å²) in [5, 5.41) is 4.11. The van der Waals surface area contributed by atoms with E-state index in [0.29, 0.717) is 30.6 Å². The number of likely N-dealkylation sites (tertiary alicyclic amines) is 1. The first kappa shape index (κ1) is 21.4. The molecule has 0 aliphatic carbocycles. The van der Waals surface area contributed by atoms with Crippen molar-refractivity contribution in [3.63, 3.8) is 0 Å². The van der Waals surface area contributed by atoms with Crippen LogP contribution in [0, 0.1) is 25.6 Å². The van der Waals surface area contributed by atoms with Crippen LogP contribution < -0.4 is 5.32 Å². The lowest BCUT2D eigenvalue weighted by Gasteiger charge is -2.40. The van der Waals surface area contributed by atoms with Crippen LogP contribution in [0.2, 0.25) is 0 Å². The molecule has 0 bridgehead atoms. The first-order valence-electron chi connectivity index (χ1n) is 10.5. The Labute approximate surface area is 187 Å². The van der Waals surface area contributed by atoms with Gasteiger partial charge in [0.1, 0.15) is 11.5 Å². The average Bonchev–Trinajstić information content (AvgIpc) is 3.15. The molecule has 31 heavy (non-hydrogen) atoms. The van der Waals surface area contributed by atoms with Crippen molar-refractivity contribution in [1.82, 2.24) is 19.9 Å². The van der Waals surface area contributed by atoms with E-state index in [2.05, 4.69) is 27.2 Å². The molecule has 3 heterocycles. The number of hydrogen-bond acceptors (Lipinski definition) is 6. The molecule has 4 rings (SSSR count). The number of carbonyl (C=O) groups is 1. The Hall–Kier alpha value is -2.87. The van der Waals surface area contributed by atoms with Crippen molar-refractivity contribution < 1.29 is 10.6 Å². The maximum Gasteiger partial charge on any atom is 0.274 e. The fourth-order valence-electron chi connectivity index (χ4n) is 4.00. The third-order valence-electron chi connectivity index (χ3n) is 5.67. The monoisotopic (exact) mass is 441 g/mol. The molecule has 1 aliphatic rings. The van der Waals surface area contributed by atoms with Crippen LogP contribution in [0.1, 0.15) is 42.3 Å². The number of thiazole rings is 1. The maximum absolute atomic E-state index is 13.6. The first-order valence-corrected chi connectivity index (χ1v) is 11.3. The molecule has 1 amide bonds. The van der Waals surface area contributed by atoms with E-state index < -0.39 is 0 Å². The highest BCUT2D eigenvalue weighted by Crippen LogP contribution is 2.33. The molecule has 1 aliphatic heterocycles. The Morgan fingerprint density at radius 3 is 2.68 bits per heavy atom. The number of nitrogens with zero attached hydrogens (tertiary/aromatic N) is 4. The molecule has 0 spiro atoms. The zero-order valence-corrected chi connectivity index (χ0v) is 18.7. The second-order valence-corrected chi connectivity index (χ2v) is 9.27. The fourth-order valence-corrected chi connectivity index (χ4v) is 4.91. The molecule has 0 saturated carbocycles. The van der Waals surface area contributed by atoms with Gasteiger partial charge in [0, 0.05) is 26.9 Å². The summed E-state index contributed by atoms with van der Waals surface area (Å²) < 4.78 is 13.4. The standard InChI is InChI=1S/C23H26FN5OS.H2/c1-14-11-25-23(26-12-14)27-13-19-15(2)5-4-10-29(19)22(30)20-21(31-16(3)28-20)17-6-8-18(24)9-7-17;/h6-9,11-12,15,19H,4-5,10,13H2,1-3H3,(H,25,26,27);1H/t15?,19-;/m1./s1. The normalized spacial score (nSPS) is 18.8. The van der Waals surface area contributed by atoms with Crippen LogP contribution in [-0.4, -0.2) is 44.9 Å². The van der Waals surface area contributed by atoms with Crippen LogP contribution in [0.3, 0.4) is 0 Å². The van der Waals surface area contributed by atoms with Crippen LogP contribution in [-0.2, 0) is 0 Å². The Morgan fingerprint density at radius 1 is 1.26 bits per heavy atom. The van der Waals surface area contributed by atoms with E-state index in [4.69, 9.17) is 0 Å². The molecule has 1 aromatic carbocycles. The molecule has 3 aromatic rings. The summed E-state index contributed by atoms with van der Waals surface area (Å²) in [5.74, 6) is 0.524. The van der Waals surface area contributed by atoms with Crippen LogP contribution in [0.4, 0.5) is 10.3 Å². The molecule has 2 atom stereocenters. The number of halogens is 1. The summed E-state index contributed by atoms with van der Waals surface area (Å²) in [6.45, 7) is 7.27. The highest BCUT2D eigenvalue weighted by atomic mass is 32.1. The van der Waals surface area contributed by atoms with E-state index in [1.165, 1.54) is 23.5 Å². The van der Waals surface area contributed by atoms with Crippen molar-refractivity contribution >= 4 is 23.2 Å². The minimum absolute atomic E-state index is 0. The Morgan fingerprint density at radius 2 is 1.97 bits per heavy atom. The number of nitrogens with one attached hydrogen (secondary N) is 1. The summed E-state index contributed by atoms with van der Waals surface area (Å²) in [6.07, 6.45) is 5.57. The third-order valence-corrected chi connectivity index (χ3v) is 6.69. The fraction of sp³-hybridized carbons (Fsp3) is 0.391. The zero-order chi connectivity index (χ0) is 22.0. The van der Waals surface area contributed by atoms with Crippen molar-refractivity contribution in [2.75, 3.05) is 18.4 Å². The van der Waals surface area contributed by atoms with Gasteiger partial charge in [-0.3, -0.25) is 4.79 Å². The van der Waals surface area contributed by atoms with Crippen molar-refractivity contribution in [2.45, 2.75) is 39.7 Å². The minimum Gasteiger partial charge on any atom is -0.352 e. The molecule has 0 radical (unpaired) electrons. The van der Waals surface area contributed by atoms with Crippen molar-refractivity contribution in [3.8, 4) is 10.4 Å². The molecule has 2 aromatic heterocycles. The second-order valence-electron chi connectivity index (χ2n) is 8.07. The van der Waals surface area contributed by atoms with Crippen LogP contribution in [0.5, 0.6) is 0 Å². The summed E-state index contributed by atoms with van der Waals surface area (Å²) in [6, 6.07) is 6.23. The number of anilines is 1. The van der Waals surface area contributed by atoms with Gasteiger partial charge in [0.2, 0.25) is 5.95 Å². The predicted octanol–water partition coefficient (Wildman–Crippen LogP) is 4.95. The van der Waals surface area contributed by atoms with E-state index >= 15 is 0 Å². The van der Waals surface area contributed by atoms with Crippen LogP contribution >= 0.6 is 11.3 Å². The number of hydrogen-bond donors (Lipinski definition) is 1. The quantitative estimate of drug-likeness (QED) is 0.606. The lowest BCUT2D eigenvalue weighted by atomic mass is 9.90. The topological polar surface area (TPSA) is 71.0 Å². The van der Waals surface area contributed by atoms with Gasteiger partial charge in [-0.15, -0.1) is 11.3 Å². The van der Waals surface area contributed by atoms with Gasteiger partial charge in [-0.1, -0.05) is 19.1 Å². The Balaban J connectivity index is 0.00000289. The lowest BCUT2D eigenvalue weighted by Crippen LogP contribution is -2.51. The van der Waals surface area contributed by atoms with E-state index in [1.807, 2.05) is 18.7 Å². The van der Waals surface area contributed by atoms with Gasteiger partial charge < -0.3 is 10.2 Å². The second kappa shape index (κ2) is 9.09. The number of piperidine rings is 1. The molecule has 1 fully saturated rings. The molecule has 1 saturated heterocycles. The molecular formula is C23H28FN5OS. The summed E-state index contributed by atoms with van der Waals surface area (Å²) >= 11 is 1.46. The van der Waals surface area contributed by atoms with E-state index in [9.17, 15) is 9.18 Å². The predicted molar refractivity (Wildman–Crippen MR) is 123 cm³/mol. The average molecular weight is 442 g/mol. The van der Waals surface area contributed by atoms with Gasteiger partial charge >= 0.3 is 0 Å². The van der Waals surface area contributed by atoms with Gasteiger partial charge in [0.05, 0.1) is 15.9 Å².